The number of nitrogens with two attached hydrogens (primary N) is 1. The third-order valence-electron chi connectivity index (χ3n) is 2.66. The molecule has 0 aromatic heterocycles. The minimum Gasteiger partial charge on any atom is -0.508 e. The number of hydrogen-bond donors (Lipinski definition) is 2. The van der Waals surface area contributed by atoms with Crippen molar-refractivity contribution in [2.24, 2.45) is 5.73 Å². The molecule has 2 aromatic carbocycles. The lowest BCUT2D eigenvalue weighted by atomic mass is 10.0. The largest absolute Gasteiger partial charge is 0.508 e. The summed E-state index contributed by atoms with van der Waals surface area (Å²) in [6, 6.07) is 11.8. The highest BCUT2D eigenvalue weighted by Gasteiger charge is 2.04. The molecule has 3 heteroatoms. The van der Waals surface area contributed by atoms with Crippen LogP contribution in [-0.4, -0.2) is 11.7 Å². The Morgan fingerprint density at radius 2 is 1.65 bits per heavy atom. The van der Waals surface area contributed by atoms with Crippen molar-refractivity contribution < 1.29 is 9.50 Å². The second-order valence-corrected chi connectivity index (χ2v) is 3.89. The maximum absolute atomic E-state index is 13.4. The summed E-state index contributed by atoms with van der Waals surface area (Å²) in [5, 5.41) is 9.21. The van der Waals surface area contributed by atoms with E-state index in [1.165, 1.54) is 6.07 Å². The average molecular weight is 231 g/mol. The molecule has 88 valence electrons. The Bertz CT molecular complexity index is 508. The van der Waals surface area contributed by atoms with E-state index < -0.39 is 0 Å². The maximum atomic E-state index is 13.4. The predicted octanol–water partition coefficient (Wildman–Crippen LogP) is 2.70. The maximum Gasteiger partial charge on any atom is 0.126 e. The normalized spacial score (nSPS) is 10.5. The topological polar surface area (TPSA) is 46.2 Å². The van der Waals surface area contributed by atoms with Crippen molar-refractivity contribution in [3.63, 3.8) is 0 Å². The van der Waals surface area contributed by atoms with Gasteiger partial charge in [-0.25, -0.2) is 4.39 Å². The summed E-state index contributed by atoms with van der Waals surface area (Å²) in [4.78, 5) is 0. The van der Waals surface area contributed by atoms with E-state index in [1.807, 2.05) is 0 Å². The smallest absolute Gasteiger partial charge is 0.126 e. The zero-order valence-electron chi connectivity index (χ0n) is 9.36. The van der Waals surface area contributed by atoms with Gasteiger partial charge in [-0.05, 0) is 53.9 Å². The Morgan fingerprint density at radius 3 is 2.29 bits per heavy atom. The molecular weight excluding hydrogens is 217 g/mol. The van der Waals surface area contributed by atoms with E-state index in [4.69, 9.17) is 5.73 Å². The average Bonchev–Trinajstić information content (AvgIpc) is 2.33. The highest BCUT2D eigenvalue weighted by atomic mass is 19.1. The Kier molecular flexibility index (Phi) is 3.40. The quantitative estimate of drug-likeness (QED) is 0.853. The summed E-state index contributed by atoms with van der Waals surface area (Å²) in [7, 11) is 0. The van der Waals surface area contributed by atoms with Gasteiger partial charge in [-0.15, -0.1) is 0 Å². The van der Waals surface area contributed by atoms with Crippen LogP contribution in [0.5, 0.6) is 5.75 Å². The van der Waals surface area contributed by atoms with Crippen LogP contribution in [0.3, 0.4) is 0 Å². The molecule has 0 fully saturated rings. The zero-order valence-corrected chi connectivity index (χ0v) is 9.36. The van der Waals surface area contributed by atoms with Crippen LogP contribution in [0.25, 0.3) is 11.1 Å². The van der Waals surface area contributed by atoms with Crippen molar-refractivity contribution in [2.75, 3.05) is 6.54 Å². The fourth-order valence-corrected chi connectivity index (χ4v) is 1.76. The molecule has 0 radical (unpaired) electrons. The molecule has 0 heterocycles. The molecule has 0 aliphatic carbocycles. The first-order valence-corrected chi connectivity index (χ1v) is 5.48. The summed E-state index contributed by atoms with van der Waals surface area (Å²) >= 11 is 0. The van der Waals surface area contributed by atoms with Crippen LogP contribution in [0.4, 0.5) is 4.39 Å². The second-order valence-electron chi connectivity index (χ2n) is 3.89. The van der Waals surface area contributed by atoms with E-state index in [0.29, 0.717) is 18.5 Å². The van der Waals surface area contributed by atoms with Gasteiger partial charge in [0.25, 0.3) is 0 Å². The van der Waals surface area contributed by atoms with Gasteiger partial charge in [-0.1, -0.05) is 18.2 Å². The summed E-state index contributed by atoms with van der Waals surface area (Å²) in [5.74, 6) is -0.00368. The summed E-state index contributed by atoms with van der Waals surface area (Å²) < 4.78 is 13.4. The number of benzene rings is 2. The molecule has 0 atom stereocenters. The number of rotatable bonds is 3. The van der Waals surface area contributed by atoms with E-state index in [-0.39, 0.29) is 11.6 Å². The minimum absolute atomic E-state index is 0.220. The van der Waals surface area contributed by atoms with Crippen LogP contribution >= 0.6 is 0 Å². The van der Waals surface area contributed by atoms with Gasteiger partial charge in [-0.2, -0.15) is 0 Å². The van der Waals surface area contributed by atoms with Gasteiger partial charge in [-0.3, -0.25) is 0 Å². The van der Waals surface area contributed by atoms with Gasteiger partial charge in [0.2, 0.25) is 0 Å². The van der Waals surface area contributed by atoms with Gasteiger partial charge in [0.1, 0.15) is 11.6 Å². The van der Waals surface area contributed by atoms with Gasteiger partial charge >= 0.3 is 0 Å². The molecule has 2 nitrogen and oxygen atoms in total. The number of halogens is 1. The molecule has 0 aliphatic heterocycles. The minimum atomic E-state index is -0.224. The van der Waals surface area contributed by atoms with Gasteiger partial charge < -0.3 is 10.8 Å². The highest BCUT2D eigenvalue weighted by molar-refractivity contribution is 5.65. The molecule has 0 saturated carbocycles. The summed E-state index contributed by atoms with van der Waals surface area (Å²) in [6.07, 6.45) is 0.526. The molecule has 17 heavy (non-hydrogen) atoms. The molecule has 2 rings (SSSR count). The predicted molar refractivity (Wildman–Crippen MR) is 66.3 cm³/mol. The lowest BCUT2D eigenvalue weighted by Crippen LogP contribution is -2.04. The van der Waals surface area contributed by atoms with Crippen LogP contribution in [0.1, 0.15) is 5.56 Å². The number of phenols is 1. The van der Waals surface area contributed by atoms with E-state index in [9.17, 15) is 9.50 Å². The molecule has 0 spiro atoms. The Balaban J connectivity index is 2.39. The van der Waals surface area contributed by atoms with Gasteiger partial charge in [0.15, 0.2) is 0 Å². The van der Waals surface area contributed by atoms with Crippen molar-refractivity contribution >= 4 is 0 Å². The van der Waals surface area contributed by atoms with Crippen LogP contribution in [0, 0.1) is 5.82 Å². The van der Waals surface area contributed by atoms with Gasteiger partial charge in [0, 0.05) is 0 Å². The number of aromatic hydroxyl groups is 1. The SMILES string of the molecule is NCCc1cc(-c2ccc(O)cc2)ccc1F. The molecule has 0 bridgehead atoms. The van der Waals surface area contributed by atoms with Crippen LogP contribution in [-0.2, 0) is 6.42 Å². The zero-order chi connectivity index (χ0) is 12.3. The van der Waals surface area contributed by atoms with Crippen molar-refractivity contribution in [3.05, 3.63) is 53.8 Å². The first-order chi connectivity index (χ1) is 8.20. The number of hydrogen-bond acceptors (Lipinski definition) is 2. The van der Waals surface area contributed by atoms with E-state index in [1.54, 1.807) is 36.4 Å². The standard InChI is InChI=1S/C14H14FNO/c15-14-6-3-11(9-12(14)7-8-16)10-1-4-13(17)5-2-10/h1-6,9,17H,7-8,16H2. The second kappa shape index (κ2) is 4.97. The summed E-state index contributed by atoms with van der Waals surface area (Å²) in [5.41, 5.74) is 7.93. The van der Waals surface area contributed by atoms with Crippen molar-refractivity contribution in [1.82, 2.24) is 0 Å². The number of phenolic OH excluding ortho intramolecular Hbond substituents is 1. The Morgan fingerprint density at radius 1 is 1.00 bits per heavy atom. The fourth-order valence-electron chi connectivity index (χ4n) is 1.76. The Hall–Kier alpha value is -1.87. The van der Waals surface area contributed by atoms with Crippen molar-refractivity contribution in [1.29, 1.82) is 0 Å². The third-order valence-corrected chi connectivity index (χ3v) is 2.66. The molecule has 0 aliphatic rings. The molecule has 2 aromatic rings. The van der Waals surface area contributed by atoms with Crippen molar-refractivity contribution in [3.8, 4) is 16.9 Å². The van der Waals surface area contributed by atoms with Crippen molar-refractivity contribution in [2.45, 2.75) is 6.42 Å². The van der Waals surface area contributed by atoms with E-state index in [2.05, 4.69) is 0 Å². The lowest BCUT2D eigenvalue weighted by Gasteiger charge is -2.06. The van der Waals surface area contributed by atoms with Crippen LogP contribution < -0.4 is 5.73 Å². The first-order valence-electron chi connectivity index (χ1n) is 5.48. The monoisotopic (exact) mass is 231 g/mol. The van der Waals surface area contributed by atoms with E-state index in [0.717, 1.165) is 11.1 Å². The summed E-state index contributed by atoms with van der Waals surface area (Å²) in [6.45, 7) is 0.427. The fraction of sp³-hybridized carbons (Fsp3) is 0.143. The lowest BCUT2D eigenvalue weighted by molar-refractivity contribution is 0.475. The van der Waals surface area contributed by atoms with Gasteiger partial charge in [0.05, 0.1) is 0 Å². The molecule has 0 unspecified atom stereocenters. The molecule has 3 N–H and O–H groups in total. The molecule has 0 saturated heterocycles. The highest BCUT2D eigenvalue weighted by Crippen LogP contribution is 2.24. The third kappa shape index (κ3) is 2.63. The molecular formula is C14H14FNO. The van der Waals surface area contributed by atoms with E-state index >= 15 is 0 Å². The van der Waals surface area contributed by atoms with Crippen LogP contribution in [0.15, 0.2) is 42.5 Å². The first kappa shape index (κ1) is 11.6. The Labute approximate surface area is 99.5 Å². The molecule has 0 amide bonds. The van der Waals surface area contributed by atoms with Crippen LogP contribution in [0.2, 0.25) is 0 Å².